The lowest BCUT2D eigenvalue weighted by Gasteiger charge is -2.16. The van der Waals surface area contributed by atoms with Gasteiger partial charge in [0.25, 0.3) is 0 Å². The van der Waals surface area contributed by atoms with Gasteiger partial charge in [-0.15, -0.1) is 11.3 Å². The van der Waals surface area contributed by atoms with Crippen molar-refractivity contribution in [2.45, 2.75) is 6.92 Å². The summed E-state index contributed by atoms with van der Waals surface area (Å²) < 4.78 is 6.00. The van der Waals surface area contributed by atoms with Crippen LogP contribution in [0.1, 0.15) is 5.56 Å². The van der Waals surface area contributed by atoms with Crippen LogP contribution in [0.4, 0.5) is 0 Å². The van der Waals surface area contributed by atoms with E-state index in [1.165, 1.54) is 11.1 Å². The van der Waals surface area contributed by atoms with E-state index in [9.17, 15) is 4.79 Å². The van der Waals surface area contributed by atoms with Crippen LogP contribution in [0.3, 0.4) is 0 Å². The van der Waals surface area contributed by atoms with Crippen LogP contribution in [0.25, 0.3) is 21.6 Å². The first-order valence-corrected chi connectivity index (χ1v) is 9.69. The molecule has 5 heteroatoms. The van der Waals surface area contributed by atoms with Crippen LogP contribution in [0.15, 0.2) is 60.0 Å². The summed E-state index contributed by atoms with van der Waals surface area (Å²) in [6, 6.07) is 18.8. The number of ether oxygens (including phenoxy) is 1. The number of carbonyl (C=O) groups is 1. The second-order valence-corrected chi connectivity index (χ2v) is 7.49. The second-order valence-electron chi connectivity index (χ2n) is 6.54. The van der Waals surface area contributed by atoms with Crippen LogP contribution >= 0.6 is 11.3 Å². The molecule has 0 aliphatic carbocycles. The number of likely N-dealkylation sites (N-methyl/N-ethyl adjacent to an activating group) is 1. The molecule has 0 saturated heterocycles. The number of nitrogens with zero attached hydrogens (tertiary/aromatic N) is 1. The molecule has 0 aliphatic rings. The molecule has 0 atom stereocenters. The maximum absolute atomic E-state index is 10.8. The lowest BCUT2D eigenvalue weighted by molar-refractivity contribution is -0.138. The summed E-state index contributed by atoms with van der Waals surface area (Å²) in [5, 5.41) is 10.9. The maximum atomic E-state index is 10.8. The van der Waals surface area contributed by atoms with E-state index in [1.54, 1.807) is 23.3 Å². The number of thiophene rings is 1. The first kappa shape index (κ1) is 19.1. The van der Waals surface area contributed by atoms with Crippen LogP contribution in [-0.2, 0) is 4.79 Å². The highest BCUT2D eigenvalue weighted by molar-refractivity contribution is 7.13. The molecule has 0 bridgehead atoms. The fraction of sp³-hybridized carbons (Fsp3) is 0.227. The summed E-state index contributed by atoms with van der Waals surface area (Å²) in [4.78, 5) is 13.6. The Kier molecular flexibility index (Phi) is 6.27. The van der Waals surface area contributed by atoms with Crippen LogP contribution in [-0.4, -0.2) is 42.7 Å². The number of aryl methyl sites for hydroxylation is 1. The Morgan fingerprint density at radius 3 is 2.63 bits per heavy atom. The molecular weight excluding hydrogens is 358 g/mol. The van der Waals surface area contributed by atoms with Crippen molar-refractivity contribution >= 4 is 17.3 Å². The number of carboxylic acids is 1. The maximum Gasteiger partial charge on any atom is 0.317 e. The summed E-state index contributed by atoms with van der Waals surface area (Å²) in [6.07, 6.45) is 0. The van der Waals surface area contributed by atoms with Crippen molar-refractivity contribution in [2.24, 2.45) is 0 Å². The molecule has 0 saturated carbocycles. The number of hydrogen-bond acceptors (Lipinski definition) is 4. The van der Waals surface area contributed by atoms with Gasteiger partial charge >= 0.3 is 5.97 Å². The van der Waals surface area contributed by atoms with Gasteiger partial charge in [0, 0.05) is 17.0 Å². The average Bonchev–Trinajstić information content (AvgIpc) is 3.16. The quantitative estimate of drug-likeness (QED) is 0.610. The van der Waals surface area contributed by atoms with Gasteiger partial charge < -0.3 is 9.84 Å². The van der Waals surface area contributed by atoms with Crippen LogP contribution in [0.5, 0.6) is 5.75 Å². The van der Waals surface area contributed by atoms with Crippen molar-refractivity contribution in [3.63, 3.8) is 0 Å². The molecule has 3 rings (SSSR count). The molecule has 27 heavy (non-hydrogen) atoms. The Hall–Kier alpha value is -2.63. The van der Waals surface area contributed by atoms with Gasteiger partial charge in [0.2, 0.25) is 0 Å². The zero-order valence-electron chi connectivity index (χ0n) is 15.5. The molecule has 0 spiro atoms. The van der Waals surface area contributed by atoms with E-state index in [0.717, 1.165) is 21.8 Å². The first-order chi connectivity index (χ1) is 13.0. The van der Waals surface area contributed by atoms with E-state index in [-0.39, 0.29) is 6.54 Å². The summed E-state index contributed by atoms with van der Waals surface area (Å²) >= 11 is 1.68. The predicted octanol–water partition coefficient (Wildman–Crippen LogP) is 4.79. The Balaban J connectivity index is 1.82. The van der Waals surface area contributed by atoms with E-state index in [1.807, 2.05) is 12.1 Å². The van der Waals surface area contributed by atoms with Gasteiger partial charge in [0.1, 0.15) is 12.4 Å². The smallest absolute Gasteiger partial charge is 0.317 e. The molecule has 0 fully saturated rings. The number of carboxylic acid groups (broad SMARTS) is 1. The Morgan fingerprint density at radius 2 is 1.93 bits per heavy atom. The number of hydrogen-bond donors (Lipinski definition) is 1. The topological polar surface area (TPSA) is 49.8 Å². The summed E-state index contributed by atoms with van der Waals surface area (Å²) in [7, 11) is 1.78. The van der Waals surface area contributed by atoms with Gasteiger partial charge in [-0.25, -0.2) is 0 Å². The fourth-order valence-corrected chi connectivity index (χ4v) is 3.65. The number of rotatable bonds is 8. The minimum Gasteiger partial charge on any atom is -0.492 e. The highest BCUT2D eigenvalue weighted by atomic mass is 32.1. The van der Waals surface area contributed by atoms with Crippen molar-refractivity contribution in [3.05, 3.63) is 65.5 Å². The third-order valence-electron chi connectivity index (χ3n) is 4.25. The summed E-state index contributed by atoms with van der Waals surface area (Å²) in [5.74, 6) is -0.0168. The van der Waals surface area contributed by atoms with Gasteiger partial charge in [0.15, 0.2) is 0 Å². The molecule has 0 radical (unpaired) electrons. The standard InChI is InChI=1S/C22H23NO3S/c1-16-5-3-6-17(13-16)18-8-9-20(19(14-18)21-7-4-12-27-21)26-11-10-23(2)15-22(24)25/h3-9,12-14H,10-11,15H2,1-2H3,(H,24,25). The zero-order valence-corrected chi connectivity index (χ0v) is 16.3. The van der Waals surface area contributed by atoms with E-state index >= 15 is 0 Å². The molecule has 1 N–H and O–H groups in total. The van der Waals surface area contributed by atoms with Crippen molar-refractivity contribution < 1.29 is 14.6 Å². The molecule has 1 heterocycles. The largest absolute Gasteiger partial charge is 0.492 e. The predicted molar refractivity (Wildman–Crippen MR) is 111 cm³/mol. The average molecular weight is 381 g/mol. The van der Waals surface area contributed by atoms with Gasteiger partial charge in [-0.1, -0.05) is 42.0 Å². The van der Waals surface area contributed by atoms with Crippen LogP contribution < -0.4 is 4.74 Å². The molecule has 140 valence electrons. The zero-order chi connectivity index (χ0) is 19.2. The summed E-state index contributed by atoms with van der Waals surface area (Å²) in [6.45, 7) is 3.09. The van der Waals surface area contributed by atoms with Crippen molar-refractivity contribution in [1.82, 2.24) is 4.90 Å². The summed E-state index contributed by atoms with van der Waals surface area (Å²) in [5.41, 5.74) is 4.62. The molecule has 1 aromatic heterocycles. The molecule has 0 amide bonds. The third kappa shape index (κ3) is 5.18. The van der Waals surface area contributed by atoms with Gasteiger partial charge in [-0.2, -0.15) is 0 Å². The SMILES string of the molecule is Cc1cccc(-c2ccc(OCCN(C)CC(=O)O)c(-c3cccs3)c2)c1. The Bertz CT molecular complexity index is 906. The van der Waals surface area contributed by atoms with Gasteiger partial charge in [-0.3, -0.25) is 9.69 Å². The minimum absolute atomic E-state index is 0.00738. The van der Waals surface area contributed by atoms with E-state index in [4.69, 9.17) is 9.84 Å². The minimum atomic E-state index is -0.834. The van der Waals surface area contributed by atoms with Crippen LogP contribution in [0, 0.1) is 6.92 Å². The molecule has 3 aromatic rings. The molecule has 0 aliphatic heterocycles. The second kappa shape index (κ2) is 8.84. The van der Waals surface area contributed by atoms with Crippen molar-refractivity contribution in [1.29, 1.82) is 0 Å². The number of benzene rings is 2. The van der Waals surface area contributed by atoms with Crippen LogP contribution in [0.2, 0.25) is 0 Å². The van der Waals surface area contributed by atoms with Gasteiger partial charge in [-0.05, 0) is 48.7 Å². The van der Waals surface area contributed by atoms with Crippen molar-refractivity contribution in [3.8, 4) is 27.3 Å². The monoisotopic (exact) mass is 381 g/mol. The van der Waals surface area contributed by atoms with E-state index in [0.29, 0.717) is 13.2 Å². The highest BCUT2D eigenvalue weighted by Gasteiger charge is 2.11. The highest BCUT2D eigenvalue weighted by Crippen LogP contribution is 2.36. The number of aliphatic carboxylic acids is 1. The Morgan fingerprint density at radius 1 is 1.11 bits per heavy atom. The van der Waals surface area contributed by atoms with E-state index < -0.39 is 5.97 Å². The normalized spacial score (nSPS) is 10.9. The van der Waals surface area contributed by atoms with Crippen molar-refractivity contribution in [2.75, 3.05) is 26.7 Å². The molecule has 2 aromatic carbocycles. The first-order valence-electron chi connectivity index (χ1n) is 8.81. The fourth-order valence-electron chi connectivity index (χ4n) is 2.91. The molecule has 0 unspecified atom stereocenters. The third-order valence-corrected chi connectivity index (χ3v) is 5.16. The van der Waals surface area contributed by atoms with E-state index in [2.05, 4.69) is 54.8 Å². The molecular formula is C22H23NO3S. The lowest BCUT2D eigenvalue weighted by atomic mass is 10.0. The Labute approximate surface area is 163 Å². The lowest BCUT2D eigenvalue weighted by Crippen LogP contribution is -2.29. The molecule has 4 nitrogen and oxygen atoms in total. The van der Waals surface area contributed by atoms with Gasteiger partial charge in [0.05, 0.1) is 6.54 Å².